The molecule has 6 rings (SSSR count). The molecular formula is C33H38N2O2. The molecule has 37 heavy (non-hydrogen) atoms. The number of rotatable bonds is 8. The molecule has 2 fully saturated rings. The Labute approximate surface area is 221 Å². The van der Waals surface area contributed by atoms with Gasteiger partial charge in [0.2, 0.25) is 0 Å². The highest BCUT2D eigenvalue weighted by atomic mass is 16.5. The van der Waals surface area contributed by atoms with Crippen LogP contribution in [0.5, 0.6) is 11.5 Å². The van der Waals surface area contributed by atoms with Gasteiger partial charge in [-0.2, -0.15) is 0 Å². The molecule has 3 aromatic carbocycles. The number of hydrogen-bond donors (Lipinski definition) is 1. The zero-order valence-corrected chi connectivity index (χ0v) is 22.1. The van der Waals surface area contributed by atoms with Gasteiger partial charge in [0.15, 0.2) is 0 Å². The number of hydrogen-bond acceptors (Lipinski definition) is 3. The van der Waals surface area contributed by atoms with Gasteiger partial charge in [-0.1, -0.05) is 56.3 Å². The lowest BCUT2D eigenvalue weighted by Crippen LogP contribution is -2.58. The number of amides is 1. The molecule has 3 atom stereocenters. The van der Waals surface area contributed by atoms with Gasteiger partial charge in [-0.15, -0.1) is 0 Å². The Morgan fingerprint density at radius 1 is 1.05 bits per heavy atom. The van der Waals surface area contributed by atoms with E-state index in [-0.39, 0.29) is 11.3 Å². The number of likely N-dealkylation sites (tertiary alicyclic amines) is 1. The van der Waals surface area contributed by atoms with Gasteiger partial charge in [0.25, 0.3) is 5.91 Å². The van der Waals surface area contributed by atoms with E-state index in [1.54, 1.807) is 0 Å². The van der Waals surface area contributed by atoms with Crippen LogP contribution in [-0.2, 0) is 18.3 Å². The number of carbonyl (C=O) groups excluding carboxylic acids is 1. The topological polar surface area (TPSA) is 41.6 Å². The molecule has 1 heterocycles. The minimum Gasteiger partial charge on any atom is -0.457 e. The van der Waals surface area contributed by atoms with Crippen LogP contribution >= 0.6 is 0 Å². The normalized spacial score (nSPS) is 24.8. The van der Waals surface area contributed by atoms with E-state index in [0.717, 1.165) is 35.0 Å². The van der Waals surface area contributed by atoms with Crippen molar-refractivity contribution in [1.82, 2.24) is 10.2 Å². The van der Waals surface area contributed by atoms with Gasteiger partial charge < -0.3 is 10.1 Å². The molecule has 1 unspecified atom stereocenters. The Hall–Kier alpha value is -3.11. The van der Waals surface area contributed by atoms with E-state index in [4.69, 9.17) is 4.74 Å². The molecule has 1 saturated carbocycles. The largest absolute Gasteiger partial charge is 0.457 e. The van der Waals surface area contributed by atoms with Crippen molar-refractivity contribution in [1.29, 1.82) is 0 Å². The second-order valence-electron chi connectivity index (χ2n) is 11.6. The maximum Gasteiger partial charge on any atom is 0.251 e. The first kappa shape index (κ1) is 24.2. The van der Waals surface area contributed by atoms with Crippen molar-refractivity contribution in [3.63, 3.8) is 0 Å². The van der Waals surface area contributed by atoms with Crippen LogP contribution in [-0.4, -0.2) is 36.5 Å². The fraction of sp³-hybridized carbons (Fsp3) is 0.424. The average Bonchev–Trinajstić information content (AvgIpc) is 3.73. The SMILES string of the molecule is C[C@H]1C2Cc3ccc(C(=O)NCCc4ccccc4Oc4ccccc4)cc3[C@@]1(C)CCN2CC1CC1. The number of piperidine rings is 1. The van der Waals surface area contributed by atoms with Gasteiger partial charge in [-0.25, -0.2) is 0 Å². The van der Waals surface area contributed by atoms with E-state index < -0.39 is 0 Å². The van der Waals surface area contributed by atoms with Crippen molar-refractivity contribution < 1.29 is 9.53 Å². The third-order valence-electron chi connectivity index (χ3n) is 9.20. The summed E-state index contributed by atoms with van der Waals surface area (Å²) in [5.74, 6) is 3.19. The van der Waals surface area contributed by atoms with E-state index in [2.05, 4.69) is 42.3 Å². The summed E-state index contributed by atoms with van der Waals surface area (Å²) in [6.07, 6.45) is 5.82. The number of nitrogens with zero attached hydrogens (tertiary/aromatic N) is 1. The van der Waals surface area contributed by atoms with E-state index in [9.17, 15) is 4.79 Å². The van der Waals surface area contributed by atoms with Crippen molar-refractivity contribution in [3.8, 4) is 11.5 Å². The first-order valence-corrected chi connectivity index (χ1v) is 14.0. The molecule has 3 aliphatic rings. The van der Waals surface area contributed by atoms with Crippen LogP contribution < -0.4 is 10.1 Å². The molecule has 3 aromatic rings. The van der Waals surface area contributed by atoms with Gasteiger partial charge in [-0.05, 0) is 103 Å². The minimum absolute atomic E-state index is 0.00815. The predicted octanol–water partition coefficient (Wildman–Crippen LogP) is 6.39. The number of ether oxygens (including phenoxy) is 1. The summed E-state index contributed by atoms with van der Waals surface area (Å²) in [4.78, 5) is 16.0. The van der Waals surface area contributed by atoms with Crippen LogP contribution in [0, 0.1) is 11.8 Å². The molecule has 1 saturated heterocycles. The Kier molecular flexibility index (Phi) is 6.54. The third-order valence-corrected chi connectivity index (χ3v) is 9.20. The quantitative estimate of drug-likeness (QED) is 0.395. The summed E-state index contributed by atoms with van der Waals surface area (Å²) in [5, 5.41) is 3.16. The van der Waals surface area contributed by atoms with E-state index in [0.29, 0.717) is 24.9 Å². The zero-order chi connectivity index (χ0) is 25.4. The summed E-state index contributed by atoms with van der Waals surface area (Å²) in [6.45, 7) is 7.90. The lowest BCUT2D eigenvalue weighted by Gasteiger charge is -2.55. The molecule has 1 N–H and O–H groups in total. The van der Waals surface area contributed by atoms with E-state index in [1.165, 1.54) is 43.5 Å². The summed E-state index contributed by atoms with van der Waals surface area (Å²) < 4.78 is 6.09. The number of benzene rings is 3. The summed E-state index contributed by atoms with van der Waals surface area (Å²) in [5.41, 5.74) is 4.84. The highest BCUT2D eigenvalue weighted by Crippen LogP contribution is 2.49. The Morgan fingerprint density at radius 2 is 1.84 bits per heavy atom. The number of nitrogens with one attached hydrogen (secondary N) is 1. The van der Waals surface area contributed by atoms with Crippen molar-refractivity contribution >= 4 is 5.91 Å². The molecule has 0 spiro atoms. The van der Waals surface area contributed by atoms with Gasteiger partial charge in [0.1, 0.15) is 11.5 Å². The summed E-state index contributed by atoms with van der Waals surface area (Å²) >= 11 is 0. The van der Waals surface area contributed by atoms with Crippen LogP contribution in [0.1, 0.15) is 60.2 Å². The van der Waals surface area contributed by atoms with Crippen molar-refractivity contribution in [2.24, 2.45) is 11.8 Å². The van der Waals surface area contributed by atoms with Crippen molar-refractivity contribution in [2.75, 3.05) is 19.6 Å². The summed E-state index contributed by atoms with van der Waals surface area (Å²) in [6, 6.07) is 25.0. The Bertz CT molecular complexity index is 1270. The predicted molar refractivity (Wildman–Crippen MR) is 148 cm³/mol. The molecule has 0 radical (unpaired) electrons. The van der Waals surface area contributed by atoms with Crippen LogP contribution in [0.15, 0.2) is 72.8 Å². The number of carbonyl (C=O) groups is 1. The smallest absolute Gasteiger partial charge is 0.251 e. The lowest BCUT2D eigenvalue weighted by atomic mass is 9.59. The number of fused-ring (bicyclic) bond motifs is 4. The molecule has 2 aliphatic carbocycles. The molecule has 0 aromatic heterocycles. The van der Waals surface area contributed by atoms with Crippen LogP contribution in [0.4, 0.5) is 0 Å². The molecule has 1 aliphatic heterocycles. The number of para-hydroxylation sites is 2. The summed E-state index contributed by atoms with van der Waals surface area (Å²) in [7, 11) is 0. The van der Waals surface area contributed by atoms with Gasteiger partial charge in [0, 0.05) is 24.7 Å². The maximum atomic E-state index is 13.2. The second-order valence-corrected chi connectivity index (χ2v) is 11.6. The molecular weight excluding hydrogens is 456 g/mol. The standard InChI is InChI=1S/C33H38N2O2/c1-23-30-21-26-14-15-27(20-29(26)33(23,2)17-19-35(30)22-24-12-13-24)32(36)34-18-16-25-8-6-7-11-31(25)37-28-9-4-3-5-10-28/h3-11,14-15,20,23-24,30H,12-13,16-19,21-22H2,1-2H3,(H,34,36)/t23-,30?,33-/m0/s1. The average molecular weight is 495 g/mol. The van der Waals surface area contributed by atoms with Gasteiger partial charge >= 0.3 is 0 Å². The van der Waals surface area contributed by atoms with E-state index in [1.807, 2.05) is 54.6 Å². The van der Waals surface area contributed by atoms with Gasteiger partial charge in [0.05, 0.1) is 0 Å². The van der Waals surface area contributed by atoms with Gasteiger partial charge in [-0.3, -0.25) is 9.69 Å². The zero-order valence-electron chi connectivity index (χ0n) is 22.1. The molecule has 1 amide bonds. The van der Waals surface area contributed by atoms with E-state index >= 15 is 0 Å². The highest BCUT2D eigenvalue weighted by molar-refractivity contribution is 5.94. The fourth-order valence-electron chi connectivity index (χ4n) is 6.55. The monoisotopic (exact) mass is 494 g/mol. The van der Waals surface area contributed by atoms with Crippen LogP contribution in [0.25, 0.3) is 0 Å². The third kappa shape index (κ3) is 4.92. The Balaban J connectivity index is 1.12. The molecule has 2 bridgehead atoms. The van der Waals surface area contributed by atoms with Crippen LogP contribution in [0.2, 0.25) is 0 Å². The highest BCUT2D eigenvalue weighted by Gasteiger charge is 2.49. The van der Waals surface area contributed by atoms with Crippen molar-refractivity contribution in [3.05, 3.63) is 95.1 Å². The lowest BCUT2D eigenvalue weighted by molar-refractivity contribution is 0.0284. The molecule has 192 valence electrons. The first-order chi connectivity index (χ1) is 18.0. The van der Waals surface area contributed by atoms with Crippen molar-refractivity contribution in [2.45, 2.75) is 57.4 Å². The Morgan fingerprint density at radius 3 is 2.65 bits per heavy atom. The maximum absolute atomic E-state index is 13.2. The fourth-order valence-corrected chi connectivity index (χ4v) is 6.55. The minimum atomic E-state index is 0.00815. The molecule has 4 heteroatoms. The first-order valence-electron chi connectivity index (χ1n) is 14.0. The van der Waals surface area contributed by atoms with Crippen LogP contribution in [0.3, 0.4) is 0 Å². The second kappa shape index (κ2) is 9.98. The molecule has 4 nitrogen and oxygen atoms in total.